The predicted octanol–water partition coefficient (Wildman–Crippen LogP) is 0.843. The average molecular weight is 308 g/mol. The third-order valence-corrected chi connectivity index (χ3v) is 4.49. The minimum atomic E-state index is -0.884. The molecule has 0 spiro atoms. The third-order valence-electron chi connectivity index (χ3n) is 3.63. The van der Waals surface area contributed by atoms with E-state index in [0.717, 1.165) is 5.56 Å². The maximum Gasteiger partial charge on any atom is 0.250 e. The van der Waals surface area contributed by atoms with Gasteiger partial charge < -0.3 is 10.2 Å². The Morgan fingerprint density at radius 1 is 1.24 bits per heavy atom. The molecule has 0 aliphatic carbocycles. The van der Waals surface area contributed by atoms with Crippen LogP contribution in [0.25, 0.3) is 0 Å². The van der Waals surface area contributed by atoms with Gasteiger partial charge in [-0.3, -0.25) is 13.8 Å². The molecule has 3 unspecified atom stereocenters. The van der Waals surface area contributed by atoms with Crippen molar-refractivity contribution in [2.75, 3.05) is 18.6 Å². The number of hydrogen-bond donors (Lipinski definition) is 1. The van der Waals surface area contributed by atoms with E-state index in [4.69, 9.17) is 0 Å². The number of carbonyl (C=O) groups excluding carboxylic acids is 2. The van der Waals surface area contributed by atoms with Gasteiger partial charge in [0.25, 0.3) is 0 Å². The lowest BCUT2D eigenvalue weighted by atomic mass is 10.0. The molecule has 0 saturated carbocycles. The molecule has 5 nitrogen and oxygen atoms in total. The summed E-state index contributed by atoms with van der Waals surface area (Å²) in [6, 6.07) is 8.12. The van der Waals surface area contributed by atoms with Crippen LogP contribution in [0, 0.1) is 0 Å². The molecule has 0 bridgehead atoms. The Labute approximate surface area is 127 Å². The van der Waals surface area contributed by atoms with Gasteiger partial charge in [-0.15, -0.1) is 0 Å². The molecule has 1 aliphatic rings. The maximum absolute atomic E-state index is 12.6. The van der Waals surface area contributed by atoms with E-state index in [1.807, 2.05) is 30.3 Å². The fraction of sp³-hybridized carbons (Fsp3) is 0.467. The van der Waals surface area contributed by atoms with Crippen LogP contribution in [-0.4, -0.2) is 45.5 Å². The van der Waals surface area contributed by atoms with E-state index < -0.39 is 22.9 Å². The molecule has 0 radical (unpaired) electrons. The second-order valence-electron chi connectivity index (χ2n) is 5.19. The summed E-state index contributed by atoms with van der Waals surface area (Å²) >= 11 is 0. The number of rotatable bonds is 5. The van der Waals surface area contributed by atoms with E-state index in [-0.39, 0.29) is 11.8 Å². The largest absolute Gasteiger partial charge is 0.339 e. The van der Waals surface area contributed by atoms with Gasteiger partial charge in [-0.2, -0.15) is 0 Å². The normalized spacial score (nSPS) is 23.8. The summed E-state index contributed by atoms with van der Waals surface area (Å²) in [7, 11) is -0.884. The molecule has 0 aromatic heterocycles. The molecule has 1 N–H and O–H groups in total. The van der Waals surface area contributed by atoms with Crippen molar-refractivity contribution < 1.29 is 13.8 Å². The number of piperazine rings is 1. The van der Waals surface area contributed by atoms with Gasteiger partial charge in [0.1, 0.15) is 12.1 Å². The first-order chi connectivity index (χ1) is 10.0. The minimum absolute atomic E-state index is 0.102. The maximum atomic E-state index is 12.6. The first kappa shape index (κ1) is 15.7. The van der Waals surface area contributed by atoms with E-state index in [0.29, 0.717) is 18.7 Å². The predicted molar refractivity (Wildman–Crippen MR) is 82.1 cm³/mol. The summed E-state index contributed by atoms with van der Waals surface area (Å²) in [5.74, 6) is 0.282. The van der Waals surface area contributed by atoms with Gasteiger partial charge in [-0.1, -0.05) is 30.3 Å². The van der Waals surface area contributed by atoms with Gasteiger partial charge in [0, 0.05) is 29.4 Å². The summed E-state index contributed by atoms with van der Waals surface area (Å²) in [4.78, 5) is 26.2. The summed E-state index contributed by atoms with van der Waals surface area (Å²) in [6.45, 7) is 2.17. The van der Waals surface area contributed by atoms with Crippen molar-refractivity contribution in [2.24, 2.45) is 0 Å². The van der Waals surface area contributed by atoms with Crippen molar-refractivity contribution in [3.63, 3.8) is 0 Å². The zero-order chi connectivity index (χ0) is 15.4. The fourth-order valence-electron chi connectivity index (χ4n) is 2.44. The van der Waals surface area contributed by atoms with Crippen LogP contribution in [-0.2, 0) is 20.4 Å². The highest BCUT2D eigenvalue weighted by Gasteiger charge is 2.38. The highest BCUT2D eigenvalue weighted by Crippen LogP contribution is 2.22. The molecule has 6 heteroatoms. The number of amides is 2. The Morgan fingerprint density at radius 3 is 2.52 bits per heavy atom. The second-order valence-corrected chi connectivity index (χ2v) is 6.75. The number of nitrogens with one attached hydrogen (secondary N) is 1. The van der Waals surface area contributed by atoms with Crippen molar-refractivity contribution in [2.45, 2.75) is 25.4 Å². The van der Waals surface area contributed by atoms with Crippen LogP contribution >= 0.6 is 0 Å². The quantitative estimate of drug-likeness (QED) is 0.877. The van der Waals surface area contributed by atoms with E-state index in [9.17, 15) is 13.8 Å². The number of carbonyl (C=O) groups is 2. The Kier molecular flexibility index (Phi) is 5.12. The molecule has 1 fully saturated rings. The van der Waals surface area contributed by atoms with E-state index in [1.54, 1.807) is 18.1 Å². The lowest BCUT2D eigenvalue weighted by Gasteiger charge is -2.37. The average Bonchev–Trinajstić information content (AvgIpc) is 2.47. The molecule has 114 valence electrons. The van der Waals surface area contributed by atoms with Crippen LogP contribution in [0.3, 0.4) is 0 Å². The molecule has 21 heavy (non-hydrogen) atoms. The minimum Gasteiger partial charge on any atom is -0.339 e. The zero-order valence-corrected chi connectivity index (χ0v) is 13.1. The molecular weight excluding hydrogens is 288 g/mol. The molecule has 1 aromatic carbocycles. The van der Waals surface area contributed by atoms with Crippen molar-refractivity contribution >= 4 is 22.6 Å². The molecular formula is C15H20N2O3S. The Balaban J connectivity index is 2.13. The van der Waals surface area contributed by atoms with E-state index in [2.05, 4.69) is 5.32 Å². The molecule has 2 rings (SSSR count). The van der Waals surface area contributed by atoms with Crippen LogP contribution in [0.1, 0.15) is 24.9 Å². The smallest absolute Gasteiger partial charge is 0.250 e. The van der Waals surface area contributed by atoms with Crippen molar-refractivity contribution in [3.8, 4) is 0 Å². The van der Waals surface area contributed by atoms with Crippen molar-refractivity contribution in [3.05, 3.63) is 35.9 Å². The standard InChI is InChI=1S/C15H20N2O3S/c1-11-14(18)16-13(12-7-4-3-5-8-12)15(19)17(11)9-6-10-21(2)20/h3-5,7-8,11,13H,6,9-10H2,1-2H3,(H,16,18). The summed E-state index contributed by atoms with van der Waals surface area (Å²) in [6.07, 6.45) is 2.27. The molecule has 1 aliphatic heterocycles. The number of benzene rings is 1. The highest BCUT2D eigenvalue weighted by atomic mass is 32.2. The number of hydrogen-bond acceptors (Lipinski definition) is 3. The number of nitrogens with zero attached hydrogens (tertiary/aromatic N) is 1. The Hall–Kier alpha value is -1.69. The van der Waals surface area contributed by atoms with Gasteiger partial charge >= 0.3 is 0 Å². The van der Waals surface area contributed by atoms with Crippen LogP contribution in [0.4, 0.5) is 0 Å². The van der Waals surface area contributed by atoms with Crippen molar-refractivity contribution in [1.82, 2.24) is 10.2 Å². The third kappa shape index (κ3) is 3.69. The first-order valence-corrected chi connectivity index (χ1v) is 8.69. The Bertz CT molecular complexity index is 547. The van der Waals surface area contributed by atoms with Gasteiger partial charge in [0.2, 0.25) is 11.8 Å². The topological polar surface area (TPSA) is 66.5 Å². The molecule has 2 amide bonds. The van der Waals surface area contributed by atoms with Gasteiger partial charge in [-0.05, 0) is 18.9 Å². The molecule has 1 saturated heterocycles. The van der Waals surface area contributed by atoms with Gasteiger partial charge in [0.05, 0.1) is 0 Å². The van der Waals surface area contributed by atoms with E-state index in [1.165, 1.54) is 0 Å². The van der Waals surface area contributed by atoms with Crippen LogP contribution in [0.5, 0.6) is 0 Å². The second kappa shape index (κ2) is 6.85. The Morgan fingerprint density at radius 2 is 1.90 bits per heavy atom. The molecule has 1 heterocycles. The summed E-state index contributed by atoms with van der Waals surface area (Å²) in [5.41, 5.74) is 0.784. The van der Waals surface area contributed by atoms with Crippen LogP contribution < -0.4 is 5.32 Å². The first-order valence-electron chi connectivity index (χ1n) is 6.96. The van der Waals surface area contributed by atoms with Crippen LogP contribution in [0.2, 0.25) is 0 Å². The zero-order valence-electron chi connectivity index (χ0n) is 12.2. The van der Waals surface area contributed by atoms with E-state index >= 15 is 0 Å². The van der Waals surface area contributed by atoms with Crippen molar-refractivity contribution in [1.29, 1.82) is 0 Å². The lowest BCUT2D eigenvalue weighted by Crippen LogP contribution is -2.58. The fourth-order valence-corrected chi connectivity index (χ4v) is 2.97. The molecule has 1 aromatic rings. The molecule has 3 atom stereocenters. The van der Waals surface area contributed by atoms with Gasteiger partial charge in [0.15, 0.2) is 0 Å². The summed E-state index contributed by atoms with van der Waals surface area (Å²) < 4.78 is 11.1. The van der Waals surface area contributed by atoms with Crippen LogP contribution in [0.15, 0.2) is 30.3 Å². The summed E-state index contributed by atoms with van der Waals surface area (Å²) in [5, 5.41) is 2.77. The highest BCUT2D eigenvalue weighted by molar-refractivity contribution is 7.84. The lowest BCUT2D eigenvalue weighted by molar-refractivity contribution is -0.148. The van der Waals surface area contributed by atoms with Gasteiger partial charge in [-0.25, -0.2) is 0 Å². The monoisotopic (exact) mass is 308 g/mol. The SMILES string of the molecule is CC1C(=O)NC(c2ccccc2)C(=O)N1CCCS(C)=O.